The Morgan fingerprint density at radius 1 is 1.33 bits per heavy atom. The molecule has 2 nitrogen and oxygen atoms in total. The zero-order valence-corrected chi connectivity index (χ0v) is 7.33. The van der Waals surface area contributed by atoms with Crippen LogP contribution >= 0.6 is 0 Å². The van der Waals surface area contributed by atoms with Gasteiger partial charge in [-0.1, -0.05) is 30.3 Å². The minimum atomic E-state index is 0.615. The number of hydrogen-bond donors (Lipinski definition) is 1. The lowest BCUT2D eigenvalue weighted by Gasteiger charge is -1.98. The van der Waals surface area contributed by atoms with E-state index in [0.29, 0.717) is 13.1 Å². The van der Waals surface area contributed by atoms with Crippen molar-refractivity contribution >= 4 is 5.71 Å². The molecule has 0 heterocycles. The molecule has 0 spiro atoms. The van der Waals surface area contributed by atoms with Crippen molar-refractivity contribution in [2.24, 2.45) is 10.7 Å². The summed E-state index contributed by atoms with van der Waals surface area (Å²) in [6.45, 7) is 3.33. The van der Waals surface area contributed by atoms with E-state index in [4.69, 9.17) is 5.73 Å². The third-order valence-corrected chi connectivity index (χ3v) is 1.67. The van der Waals surface area contributed by atoms with E-state index in [0.717, 1.165) is 5.71 Å². The lowest BCUT2D eigenvalue weighted by Crippen LogP contribution is -2.05. The van der Waals surface area contributed by atoms with Gasteiger partial charge in [0.1, 0.15) is 0 Å². The fourth-order valence-electron chi connectivity index (χ4n) is 1.00. The Bertz CT molecular complexity index is 252. The Balaban J connectivity index is 2.71. The molecule has 0 amide bonds. The highest BCUT2D eigenvalue weighted by Gasteiger charge is 1.92. The van der Waals surface area contributed by atoms with Gasteiger partial charge in [-0.05, 0) is 12.5 Å². The van der Waals surface area contributed by atoms with E-state index >= 15 is 0 Å². The van der Waals surface area contributed by atoms with Crippen LogP contribution in [0.5, 0.6) is 0 Å². The van der Waals surface area contributed by atoms with Crippen molar-refractivity contribution in [3.05, 3.63) is 35.9 Å². The molecule has 0 aliphatic carbocycles. The molecule has 0 aliphatic rings. The van der Waals surface area contributed by atoms with Gasteiger partial charge < -0.3 is 5.73 Å². The maximum absolute atomic E-state index is 5.35. The summed E-state index contributed by atoms with van der Waals surface area (Å²) in [5, 5.41) is 0. The first-order valence-electron chi connectivity index (χ1n) is 4.11. The summed E-state index contributed by atoms with van der Waals surface area (Å²) in [7, 11) is 0. The molecular weight excluding hydrogens is 148 g/mol. The number of rotatable bonds is 3. The average Bonchev–Trinajstić information content (AvgIpc) is 2.15. The van der Waals surface area contributed by atoms with Gasteiger partial charge in [-0.15, -0.1) is 0 Å². The molecule has 0 saturated heterocycles. The van der Waals surface area contributed by atoms with Crippen LogP contribution in [0.25, 0.3) is 0 Å². The number of nitrogens with zero attached hydrogens (tertiary/aromatic N) is 1. The second-order valence-corrected chi connectivity index (χ2v) is 2.62. The van der Waals surface area contributed by atoms with Crippen molar-refractivity contribution in [2.75, 3.05) is 13.1 Å². The molecule has 1 aromatic rings. The van der Waals surface area contributed by atoms with Gasteiger partial charge in [-0.2, -0.15) is 0 Å². The molecule has 0 aromatic heterocycles. The molecular formula is C10H14N2. The summed E-state index contributed by atoms with van der Waals surface area (Å²) in [6, 6.07) is 10.1. The van der Waals surface area contributed by atoms with Crippen LogP contribution in [0.1, 0.15) is 12.5 Å². The van der Waals surface area contributed by atoms with Crippen molar-refractivity contribution in [3.63, 3.8) is 0 Å². The van der Waals surface area contributed by atoms with Gasteiger partial charge in [0.25, 0.3) is 0 Å². The van der Waals surface area contributed by atoms with Crippen LogP contribution in [0.2, 0.25) is 0 Å². The quantitative estimate of drug-likeness (QED) is 0.671. The largest absolute Gasteiger partial charge is 0.329 e. The molecule has 64 valence electrons. The third-order valence-electron chi connectivity index (χ3n) is 1.67. The summed E-state index contributed by atoms with van der Waals surface area (Å²) in [6.07, 6.45) is 0. The summed E-state index contributed by atoms with van der Waals surface area (Å²) >= 11 is 0. The third kappa shape index (κ3) is 2.47. The van der Waals surface area contributed by atoms with Gasteiger partial charge in [0, 0.05) is 12.3 Å². The van der Waals surface area contributed by atoms with Crippen LogP contribution in [0.3, 0.4) is 0 Å². The minimum Gasteiger partial charge on any atom is -0.329 e. The fourth-order valence-corrected chi connectivity index (χ4v) is 1.00. The van der Waals surface area contributed by atoms with Crippen LogP contribution in [0.4, 0.5) is 0 Å². The lowest BCUT2D eigenvalue weighted by atomic mass is 10.1. The van der Waals surface area contributed by atoms with Gasteiger partial charge in [-0.3, -0.25) is 4.99 Å². The van der Waals surface area contributed by atoms with E-state index in [1.54, 1.807) is 0 Å². The highest BCUT2D eigenvalue weighted by Crippen LogP contribution is 1.99. The number of benzene rings is 1. The molecule has 0 radical (unpaired) electrons. The van der Waals surface area contributed by atoms with Gasteiger partial charge in [-0.25, -0.2) is 0 Å². The predicted molar refractivity (Wildman–Crippen MR) is 52.6 cm³/mol. The summed E-state index contributed by atoms with van der Waals surface area (Å²) < 4.78 is 0. The van der Waals surface area contributed by atoms with E-state index in [-0.39, 0.29) is 0 Å². The Morgan fingerprint density at radius 2 is 2.00 bits per heavy atom. The summed E-state index contributed by atoms with van der Waals surface area (Å²) in [4.78, 5) is 4.30. The maximum Gasteiger partial charge on any atom is 0.0515 e. The molecule has 1 rings (SSSR count). The summed E-state index contributed by atoms with van der Waals surface area (Å²) in [5.41, 5.74) is 7.58. The van der Waals surface area contributed by atoms with Crippen molar-refractivity contribution in [1.82, 2.24) is 0 Å². The second kappa shape index (κ2) is 4.67. The highest BCUT2D eigenvalue weighted by molar-refractivity contribution is 5.98. The first-order chi connectivity index (χ1) is 5.84. The second-order valence-electron chi connectivity index (χ2n) is 2.62. The molecule has 0 saturated carbocycles. The van der Waals surface area contributed by atoms with E-state index in [9.17, 15) is 0 Å². The van der Waals surface area contributed by atoms with Crippen molar-refractivity contribution in [2.45, 2.75) is 6.92 Å². The SMILES string of the molecule is CC(=NCCN)c1ccccc1. The van der Waals surface area contributed by atoms with Crippen molar-refractivity contribution in [3.8, 4) is 0 Å². The smallest absolute Gasteiger partial charge is 0.0515 e. The van der Waals surface area contributed by atoms with Gasteiger partial charge in [0.2, 0.25) is 0 Å². The Labute approximate surface area is 73.1 Å². The minimum absolute atomic E-state index is 0.615. The van der Waals surface area contributed by atoms with Gasteiger partial charge in [0.05, 0.1) is 6.54 Å². The molecule has 0 fully saturated rings. The summed E-state index contributed by atoms with van der Waals surface area (Å²) in [5.74, 6) is 0. The van der Waals surface area contributed by atoms with Crippen LogP contribution < -0.4 is 5.73 Å². The van der Waals surface area contributed by atoms with E-state index < -0.39 is 0 Å². The number of hydrogen-bond acceptors (Lipinski definition) is 2. The predicted octanol–water partition coefficient (Wildman–Crippen LogP) is 1.45. The van der Waals surface area contributed by atoms with Gasteiger partial charge >= 0.3 is 0 Å². The molecule has 2 N–H and O–H groups in total. The van der Waals surface area contributed by atoms with Crippen LogP contribution in [0, 0.1) is 0 Å². The topological polar surface area (TPSA) is 38.4 Å². The average molecular weight is 162 g/mol. The Morgan fingerprint density at radius 3 is 2.58 bits per heavy atom. The lowest BCUT2D eigenvalue weighted by molar-refractivity contribution is 0.974. The first kappa shape index (κ1) is 8.94. The standard InChI is InChI=1S/C10H14N2/c1-9(12-8-7-11)10-5-3-2-4-6-10/h2-6H,7-8,11H2,1H3. The van der Waals surface area contributed by atoms with Crippen LogP contribution in [0.15, 0.2) is 35.3 Å². The van der Waals surface area contributed by atoms with E-state index in [1.165, 1.54) is 5.56 Å². The highest BCUT2D eigenvalue weighted by atomic mass is 14.8. The van der Waals surface area contributed by atoms with E-state index in [1.807, 2.05) is 25.1 Å². The van der Waals surface area contributed by atoms with Crippen molar-refractivity contribution < 1.29 is 0 Å². The molecule has 0 unspecified atom stereocenters. The van der Waals surface area contributed by atoms with Crippen LogP contribution in [-0.2, 0) is 0 Å². The number of nitrogens with two attached hydrogens (primary N) is 1. The zero-order valence-electron chi connectivity index (χ0n) is 7.33. The number of aliphatic imine (C=N–C) groups is 1. The first-order valence-corrected chi connectivity index (χ1v) is 4.11. The molecule has 0 bridgehead atoms. The monoisotopic (exact) mass is 162 g/mol. The zero-order chi connectivity index (χ0) is 8.81. The van der Waals surface area contributed by atoms with Gasteiger partial charge in [0.15, 0.2) is 0 Å². The van der Waals surface area contributed by atoms with Crippen LogP contribution in [-0.4, -0.2) is 18.8 Å². The molecule has 0 aliphatic heterocycles. The molecule has 1 aromatic carbocycles. The normalized spacial score (nSPS) is 11.7. The Hall–Kier alpha value is -1.15. The Kier molecular flexibility index (Phi) is 3.48. The fraction of sp³-hybridized carbons (Fsp3) is 0.300. The molecule has 12 heavy (non-hydrogen) atoms. The van der Waals surface area contributed by atoms with E-state index in [2.05, 4.69) is 17.1 Å². The maximum atomic E-state index is 5.35. The molecule has 2 heteroatoms. The van der Waals surface area contributed by atoms with Crippen molar-refractivity contribution in [1.29, 1.82) is 0 Å². The molecule has 0 atom stereocenters.